The summed E-state index contributed by atoms with van der Waals surface area (Å²) in [4.78, 5) is 55.0. The molecule has 2 aliphatic heterocycles. The third kappa shape index (κ3) is 2.90. The molecule has 8 unspecified atom stereocenters. The van der Waals surface area contributed by atoms with E-state index in [9.17, 15) is 29.4 Å². The topological polar surface area (TPSA) is 115 Å². The predicted molar refractivity (Wildman–Crippen MR) is 139 cm³/mol. The summed E-state index contributed by atoms with van der Waals surface area (Å²) in [6, 6.07) is 14.7. The van der Waals surface area contributed by atoms with Crippen LogP contribution in [0.4, 0.5) is 11.4 Å². The van der Waals surface area contributed by atoms with Crippen LogP contribution in [0.25, 0.3) is 0 Å². The molecular weight excluding hydrogens is 496 g/mol. The number of anilines is 2. The highest BCUT2D eigenvalue weighted by Crippen LogP contribution is 2.54. The van der Waals surface area contributed by atoms with Gasteiger partial charge in [0.05, 0.1) is 47.3 Å². The first kappa shape index (κ1) is 23.0. The number of carbonyl (C=O) groups excluding carboxylic acids is 4. The van der Waals surface area contributed by atoms with E-state index in [1.807, 2.05) is 48.6 Å². The second-order valence-electron chi connectivity index (χ2n) is 11.7. The summed E-state index contributed by atoms with van der Waals surface area (Å²) in [6.07, 6.45) is 6.77. The summed E-state index contributed by atoms with van der Waals surface area (Å²) in [6.45, 7) is 0. The highest BCUT2D eigenvalue weighted by atomic mass is 16.3. The van der Waals surface area contributed by atoms with Crippen molar-refractivity contribution in [2.75, 3.05) is 9.80 Å². The van der Waals surface area contributed by atoms with E-state index in [1.54, 1.807) is 24.3 Å². The minimum atomic E-state index is -0.648. The van der Waals surface area contributed by atoms with Crippen LogP contribution in [-0.2, 0) is 25.6 Å². The maximum atomic E-state index is 13.1. The molecule has 8 atom stereocenters. The van der Waals surface area contributed by atoms with Crippen LogP contribution in [-0.4, -0.2) is 46.0 Å². The molecule has 4 aliphatic carbocycles. The zero-order valence-electron chi connectivity index (χ0n) is 20.8. The van der Waals surface area contributed by atoms with Crippen LogP contribution < -0.4 is 9.80 Å². The van der Waals surface area contributed by atoms with Crippen LogP contribution in [0, 0.1) is 47.3 Å². The number of hydrogen-bond acceptors (Lipinski definition) is 6. The van der Waals surface area contributed by atoms with Gasteiger partial charge in [-0.05, 0) is 41.8 Å². The van der Waals surface area contributed by atoms with Crippen LogP contribution in [0.2, 0.25) is 0 Å². The van der Waals surface area contributed by atoms with Gasteiger partial charge < -0.3 is 10.2 Å². The van der Waals surface area contributed by atoms with Crippen molar-refractivity contribution in [3.8, 4) is 0 Å². The smallest absolute Gasteiger partial charge is 0.238 e. The van der Waals surface area contributed by atoms with E-state index in [0.29, 0.717) is 17.8 Å². The molecule has 196 valence electrons. The van der Waals surface area contributed by atoms with E-state index >= 15 is 0 Å². The summed E-state index contributed by atoms with van der Waals surface area (Å²) in [5.41, 5.74) is 3.06. The summed E-state index contributed by atoms with van der Waals surface area (Å²) in [7, 11) is 0. The third-order valence-electron chi connectivity index (χ3n) is 9.94. The fourth-order valence-electron chi connectivity index (χ4n) is 8.12. The Kier molecular flexibility index (Phi) is 4.63. The van der Waals surface area contributed by atoms with E-state index in [4.69, 9.17) is 0 Å². The lowest BCUT2D eigenvalue weighted by Gasteiger charge is -2.20. The monoisotopic (exact) mass is 522 g/mol. The number of imide groups is 2. The zero-order chi connectivity index (χ0) is 26.7. The third-order valence-corrected chi connectivity index (χ3v) is 9.94. The zero-order valence-corrected chi connectivity index (χ0v) is 20.8. The molecule has 2 N–H and O–H groups in total. The maximum absolute atomic E-state index is 13.1. The van der Waals surface area contributed by atoms with Gasteiger partial charge in [0.15, 0.2) is 0 Å². The number of amides is 4. The van der Waals surface area contributed by atoms with Crippen molar-refractivity contribution in [1.82, 2.24) is 0 Å². The van der Waals surface area contributed by atoms with Crippen LogP contribution in [0.5, 0.6) is 0 Å². The molecule has 0 radical (unpaired) electrons. The van der Waals surface area contributed by atoms with Gasteiger partial charge in [0.25, 0.3) is 0 Å². The van der Waals surface area contributed by atoms with Gasteiger partial charge in [-0.15, -0.1) is 0 Å². The summed E-state index contributed by atoms with van der Waals surface area (Å²) < 4.78 is 0. The summed E-state index contributed by atoms with van der Waals surface area (Å²) in [5.74, 6) is -4.01. The van der Waals surface area contributed by atoms with Crippen LogP contribution in [0.3, 0.4) is 0 Å². The van der Waals surface area contributed by atoms with Crippen molar-refractivity contribution in [2.24, 2.45) is 47.3 Å². The molecule has 2 heterocycles. The Labute approximate surface area is 224 Å². The number of aliphatic hydroxyl groups is 2. The second-order valence-corrected chi connectivity index (χ2v) is 11.7. The van der Waals surface area contributed by atoms with Crippen molar-refractivity contribution >= 4 is 35.0 Å². The van der Waals surface area contributed by atoms with Gasteiger partial charge in [-0.3, -0.25) is 29.0 Å². The SMILES string of the molecule is O=C1C2C3C=CC(C3O)C2C(=O)N1c1ccc(Cc2ccc(N3C(=O)C4C5C=CC(C5O)C4C3=O)cc2)cc1. The van der Waals surface area contributed by atoms with E-state index in [-0.39, 0.29) is 47.3 Å². The number of hydrogen-bond donors (Lipinski definition) is 2. The van der Waals surface area contributed by atoms with Crippen molar-refractivity contribution < 1.29 is 29.4 Å². The van der Waals surface area contributed by atoms with Gasteiger partial charge in [0, 0.05) is 23.7 Å². The lowest BCUT2D eigenvalue weighted by molar-refractivity contribution is -0.125. The Balaban J connectivity index is 0.968. The van der Waals surface area contributed by atoms with E-state index in [2.05, 4.69) is 0 Å². The molecule has 2 saturated heterocycles. The molecule has 0 spiro atoms. The van der Waals surface area contributed by atoms with E-state index in [1.165, 1.54) is 9.80 Å². The molecule has 8 rings (SSSR count). The van der Waals surface area contributed by atoms with Gasteiger partial charge in [0.1, 0.15) is 0 Å². The molecule has 8 heteroatoms. The number of fused-ring (bicyclic) bond motifs is 10. The molecule has 4 amide bonds. The number of nitrogens with zero attached hydrogens (tertiary/aromatic N) is 2. The average molecular weight is 523 g/mol. The van der Waals surface area contributed by atoms with Gasteiger partial charge in [-0.2, -0.15) is 0 Å². The minimum Gasteiger partial charge on any atom is -0.392 e. The molecule has 39 heavy (non-hydrogen) atoms. The first-order valence-corrected chi connectivity index (χ1v) is 13.5. The van der Waals surface area contributed by atoms with Crippen molar-refractivity contribution in [3.63, 3.8) is 0 Å². The highest BCUT2D eigenvalue weighted by Gasteiger charge is 2.64. The first-order chi connectivity index (χ1) is 18.8. The largest absolute Gasteiger partial charge is 0.392 e. The minimum absolute atomic E-state index is 0.238. The normalized spacial score (nSPS) is 39.0. The highest BCUT2D eigenvalue weighted by molar-refractivity contribution is 6.23. The molecule has 4 fully saturated rings. The first-order valence-electron chi connectivity index (χ1n) is 13.5. The lowest BCUT2D eigenvalue weighted by Crippen LogP contribution is -2.35. The Morgan fingerprint density at radius 3 is 1.05 bits per heavy atom. The molecule has 2 aromatic rings. The number of carbonyl (C=O) groups is 4. The molecule has 0 aromatic heterocycles. The van der Waals surface area contributed by atoms with Crippen LogP contribution in [0.1, 0.15) is 11.1 Å². The fourth-order valence-corrected chi connectivity index (χ4v) is 8.12. The number of benzene rings is 2. The van der Waals surface area contributed by atoms with Crippen LogP contribution in [0.15, 0.2) is 72.8 Å². The summed E-state index contributed by atoms with van der Waals surface area (Å²) >= 11 is 0. The van der Waals surface area contributed by atoms with E-state index < -0.39 is 35.9 Å². The Hall–Kier alpha value is -3.88. The summed E-state index contributed by atoms with van der Waals surface area (Å²) in [5, 5.41) is 20.7. The lowest BCUT2D eigenvalue weighted by atomic mass is 9.85. The predicted octanol–water partition coefficient (Wildman–Crippen LogP) is 1.84. The Morgan fingerprint density at radius 2 is 0.769 bits per heavy atom. The molecule has 8 nitrogen and oxygen atoms in total. The molecule has 2 aromatic carbocycles. The van der Waals surface area contributed by atoms with Crippen molar-refractivity contribution in [1.29, 1.82) is 0 Å². The van der Waals surface area contributed by atoms with Crippen molar-refractivity contribution in [3.05, 3.63) is 84.0 Å². The average Bonchev–Trinajstić information content (AvgIpc) is 3.74. The standard InChI is InChI=1S/C31H26N2O6/c34-26-18-9-10-19(26)23-22(18)28(36)32(29(23)37)16-5-1-14(2-6-16)13-15-3-7-17(8-4-15)33-30(38)24-20-11-12-21(27(20)35)25(24)31(33)39/h1-12,18-27,34-35H,13H2. The van der Waals surface area contributed by atoms with E-state index in [0.717, 1.165) is 11.1 Å². The Bertz CT molecular complexity index is 1330. The molecule has 6 aliphatic rings. The number of rotatable bonds is 4. The van der Waals surface area contributed by atoms with Crippen molar-refractivity contribution in [2.45, 2.75) is 18.6 Å². The number of aliphatic hydroxyl groups excluding tert-OH is 2. The second kappa shape index (κ2) is 7.83. The Morgan fingerprint density at radius 1 is 0.487 bits per heavy atom. The molecule has 4 bridgehead atoms. The van der Waals surface area contributed by atoms with Gasteiger partial charge in [-0.1, -0.05) is 48.6 Å². The molecular formula is C31H26N2O6. The van der Waals surface area contributed by atoms with Crippen LogP contribution >= 0.6 is 0 Å². The van der Waals surface area contributed by atoms with Gasteiger partial charge in [-0.25, -0.2) is 0 Å². The van der Waals surface area contributed by atoms with Gasteiger partial charge >= 0.3 is 0 Å². The fraction of sp³-hybridized carbons (Fsp3) is 0.355. The maximum Gasteiger partial charge on any atom is 0.238 e. The van der Waals surface area contributed by atoms with Gasteiger partial charge in [0.2, 0.25) is 23.6 Å². The molecule has 2 saturated carbocycles. The quantitative estimate of drug-likeness (QED) is 0.468.